The highest BCUT2D eigenvalue weighted by Gasteiger charge is 2.32. The van der Waals surface area contributed by atoms with Gasteiger partial charge in [-0.25, -0.2) is 9.59 Å². The maximum atomic E-state index is 12.2. The van der Waals surface area contributed by atoms with Gasteiger partial charge in [-0.05, 0) is 19.3 Å². The lowest BCUT2D eigenvalue weighted by Gasteiger charge is -2.32. The molecule has 1 atom stereocenters. The molecule has 1 aromatic rings. The summed E-state index contributed by atoms with van der Waals surface area (Å²) < 4.78 is 6.61. The fourth-order valence-corrected chi connectivity index (χ4v) is 2.36. The lowest BCUT2D eigenvalue weighted by atomic mass is 10.0. The van der Waals surface area contributed by atoms with Crippen LogP contribution in [0.5, 0.6) is 0 Å². The first-order valence-corrected chi connectivity index (χ1v) is 6.93. The molecular formula is C13H20N4O4. The predicted octanol–water partition coefficient (Wildman–Crippen LogP) is 1.00. The molecule has 116 valence electrons. The number of anilines is 1. The largest absolute Gasteiger partial charge is 0.480 e. The Morgan fingerprint density at radius 2 is 2.33 bits per heavy atom. The molecular weight excluding hydrogens is 276 g/mol. The number of urea groups is 1. The second-order valence-electron chi connectivity index (χ2n) is 4.96. The minimum atomic E-state index is -0.958. The van der Waals surface area contributed by atoms with Crippen molar-refractivity contribution in [3.05, 3.63) is 12.4 Å². The van der Waals surface area contributed by atoms with Crippen molar-refractivity contribution in [2.24, 2.45) is 0 Å². The van der Waals surface area contributed by atoms with Crippen LogP contribution in [0.4, 0.5) is 10.5 Å². The number of carbonyl (C=O) groups is 2. The second kappa shape index (κ2) is 7.07. The van der Waals surface area contributed by atoms with Crippen molar-refractivity contribution in [3.8, 4) is 0 Å². The minimum Gasteiger partial charge on any atom is -0.480 e. The summed E-state index contributed by atoms with van der Waals surface area (Å²) in [5, 5.41) is 16.0. The molecule has 8 nitrogen and oxygen atoms in total. The highest BCUT2D eigenvalue weighted by Crippen LogP contribution is 2.18. The van der Waals surface area contributed by atoms with Crippen LogP contribution in [0.2, 0.25) is 0 Å². The monoisotopic (exact) mass is 296 g/mol. The molecule has 0 spiro atoms. The zero-order valence-electron chi connectivity index (χ0n) is 12.0. The molecule has 1 saturated heterocycles. The first kappa shape index (κ1) is 15.3. The number of hydrogen-bond donors (Lipinski definition) is 2. The van der Waals surface area contributed by atoms with Crippen LogP contribution in [-0.2, 0) is 16.1 Å². The van der Waals surface area contributed by atoms with E-state index in [0.717, 1.165) is 12.8 Å². The van der Waals surface area contributed by atoms with Crippen LogP contribution < -0.4 is 5.32 Å². The maximum absolute atomic E-state index is 12.2. The number of aromatic nitrogens is 2. The molecule has 1 aliphatic rings. The van der Waals surface area contributed by atoms with Gasteiger partial charge in [0, 0.05) is 19.9 Å². The quantitative estimate of drug-likeness (QED) is 0.845. The molecule has 21 heavy (non-hydrogen) atoms. The zero-order valence-corrected chi connectivity index (χ0v) is 12.0. The number of nitrogens with one attached hydrogen (secondary N) is 1. The summed E-state index contributed by atoms with van der Waals surface area (Å²) in [6.07, 6.45) is 5.37. The number of carbonyl (C=O) groups excluding carboxylic acids is 1. The summed E-state index contributed by atoms with van der Waals surface area (Å²) in [5.41, 5.74) is 0.547. The van der Waals surface area contributed by atoms with Crippen molar-refractivity contribution in [1.29, 1.82) is 0 Å². The third-order valence-corrected chi connectivity index (χ3v) is 3.46. The number of carboxylic acid groups (broad SMARTS) is 1. The van der Waals surface area contributed by atoms with E-state index >= 15 is 0 Å². The number of carboxylic acids is 1. The van der Waals surface area contributed by atoms with E-state index in [0.29, 0.717) is 31.8 Å². The summed E-state index contributed by atoms with van der Waals surface area (Å²) in [6.45, 7) is 1.58. The topological polar surface area (TPSA) is 96.7 Å². The normalized spacial score (nSPS) is 18.5. The molecule has 0 saturated carbocycles. The minimum absolute atomic E-state index is 0.395. The molecule has 2 rings (SSSR count). The maximum Gasteiger partial charge on any atom is 0.326 e. The fraction of sp³-hybridized carbons (Fsp3) is 0.615. The van der Waals surface area contributed by atoms with Gasteiger partial charge in [-0.2, -0.15) is 5.10 Å². The van der Waals surface area contributed by atoms with E-state index in [2.05, 4.69) is 10.4 Å². The van der Waals surface area contributed by atoms with Crippen molar-refractivity contribution in [1.82, 2.24) is 14.7 Å². The number of nitrogens with zero attached hydrogens (tertiary/aromatic N) is 3. The summed E-state index contributed by atoms with van der Waals surface area (Å²) in [5.74, 6) is -0.958. The average molecular weight is 296 g/mol. The summed E-state index contributed by atoms with van der Waals surface area (Å²) in [6, 6.07) is -1.14. The Bertz CT molecular complexity index is 502. The molecule has 0 aromatic carbocycles. The van der Waals surface area contributed by atoms with Crippen molar-refractivity contribution < 1.29 is 19.4 Å². The average Bonchev–Trinajstić information content (AvgIpc) is 2.92. The van der Waals surface area contributed by atoms with Gasteiger partial charge in [0.15, 0.2) is 0 Å². The second-order valence-corrected chi connectivity index (χ2v) is 4.96. The smallest absolute Gasteiger partial charge is 0.326 e. The van der Waals surface area contributed by atoms with Crippen molar-refractivity contribution in [3.63, 3.8) is 0 Å². The lowest BCUT2D eigenvalue weighted by Crippen LogP contribution is -2.49. The lowest BCUT2D eigenvalue weighted by molar-refractivity contribution is -0.143. The molecule has 2 amide bonds. The van der Waals surface area contributed by atoms with E-state index in [1.54, 1.807) is 18.0 Å². The van der Waals surface area contributed by atoms with E-state index in [1.165, 1.54) is 11.1 Å². The van der Waals surface area contributed by atoms with E-state index in [4.69, 9.17) is 4.74 Å². The molecule has 1 aromatic heterocycles. The van der Waals surface area contributed by atoms with Crippen LogP contribution >= 0.6 is 0 Å². The molecule has 1 fully saturated rings. The Morgan fingerprint density at radius 3 is 3.05 bits per heavy atom. The molecule has 0 aliphatic carbocycles. The van der Waals surface area contributed by atoms with E-state index in [1.807, 2.05) is 0 Å². The van der Waals surface area contributed by atoms with Crippen LogP contribution in [0.1, 0.15) is 19.3 Å². The highest BCUT2D eigenvalue weighted by molar-refractivity contribution is 5.92. The van der Waals surface area contributed by atoms with Gasteiger partial charge in [-0.3, -0.25) is 4.68 Å². The van der Waals surface area contributed by atoms with Gasteiger partial charge in [-0.1, -0.05) is 0 Å². The van der Waals surface area contributed by atoms with Crippen LogP contribution in [0.3, 0.4) is 0 Å². The summed E-state index contributed by atoms with van der Waals surface area (Å²) in [7, 11) is 1.61. The Hall–Kier alpha value is -2.09. The van der Waals surface area contributed by atoms with Gasteiger partial charge >= 0.3 is 12.0 Å². The number of aliphatic carboxylic acids is 1. The van der Waals surface area contributed by atoms with Crippen molar-refractivity contribution >= 4 is 17.7 Å². The molecule has 8 heteroatoms. The number of hydrogen-bond acceptors (Lipinski definition) is 4. The number of amides is 2. The predicted molar refractivity (Wildman–Crippen MR) is 75.1 cm³/mol. The molecule has 0 radical (unpaired) electrons. The van der Waals surface area contributed by atoms with Gasteiger partial charge in [0.05, 0.1) is 25.0 Å². The van der Waals surface area contributed by atoms with Crippen LogP contribution in [0.15, 0.2) is 12.4 Å². The van der Waals surface area contributed by atoms with Gasteiger partial charge in [-0.15, -0.1) is 0 Å². The summed E-state index contributed by atoms with van der Waals surface area (Å²) >= 11 is 0. The first-order chi connectivity index (χ1) is 10.1. The summed E-state index contributed by atoms with van der Waals surface area (Å²) in [4.78, 5) is 24.8. The van der Waals surface area contributed by atoms with E-state index in [9.17, 15) is 14.7 Å². The number of methoxy groups -OCH3 is 1. The third-order valence-electron chi connectivity index (χ3n) is 3.46. The Balaban J connectivity index is 1.96. The molecule has 1 aliphatic heterocycles. The van der Waals surface area contributed by atoms with Crippen LogP contribution in [-0.4, -0.2) is 58.1 Å². The van der Waals surface area contributed by atoms with Crippen LogP contribution in [0, 0.1) is 0 Å². The fourth-order valence-electron chi connectivity index (χ4n) is 2.36. The van der Waals surface area contributed by atoms with Gasteiger partial charge in [0.25, 0.3) is 0 Å². The number of rotatable bonds is 5. The van der Waals surface area contributed by atoms with Gasteiger partial charge < -0.3 is 20.1 Å². The Morgan fingerprint density at radius 1 is 1.52 bits per heavy atom. The molecule has 2 heterocycles. The van der Waals surface area contributed by atoms with Crippen molar-refractivity contribution in [2.75, 3.05) is 25.6 Å². The standard InChI is InChI=1S/C13H20N4O4/c1-21-7-6-16-9-10(8-14-16)15-13(20)17-5-3-2-4-11(17)12(18)19/h8-9,11H,2-7H2,1H3,(H,15,20)(H,18,19). The van der Waals surface area contributed by atoms with Crippen LogP contribution in [0.25, 0.3) is 0 Å². The molecule has 2 N–H and O–H groups in total. The van der Waals surface area contributed by atoms with E-state index < -0.39 is 18.0 Å². The first-order valence-electron chi connectivity index (χ1n) is 6.93. The third kappa shape index (κ3) is 3.94. The van der Waals surface area contributed by atoms with E-state index in [-0.39, 0.29) is 0 Å². The number of likely N-dealkylation sites (tertiary alicyclic amines) is 1. The SMILES string of the molecule is COCCn1cc(NC(=O)N2CCCCC2C(=O)O)cn1. The van der Waals surface area contributed by atoms with Gasteiger partial charge in [0.2, 0.25) is 0 Å². The molecule has 1 unspecified atom stereocenters. The molecule has 0 bridgehead atoms. The highest BCUT2D eigenvalue weighted by atomic mass is 16.5. The van der Waals surface area contributed by atoms with Crippen molar-refractivity contribution in [2.45, 2.75) is 31.8 Å². The number of piperidine rings is 1. The Labute approximate surface area is 122 Å². The number of ether oxygens (including phenoxy) is 1. The van der Waals surface area contributed by atoms with Gasteiger partial charge in [0.1, 0.15) is 6.04 Å². The zero-order chi connectivity index (χ0) is 15.2. The Kier molecular flexibility index (Phi) is 5.15.